The van der Waals surface area contributed by atoms with Gasteiger partial charge in [-0.1, -0.05) is 12.1 Å². The van der Waals surface area contributed by atoms with E-state index in [1.54, 1.807) is 7.11 Å². The Kier molecular flexibility index (Phi) is 5.62. The van der Waals surface area contributed by atoms with E-state index < -0.39 is 5.97 Å². The lowest BCUT2D eigenvalue weighted by Gasteiger charge is -2.18. The molecule has 0 amide bonds. The number of nitrogens with one attached hydrogen (secondary N) is 1. The van der Waals surface area contributed by atoms with Crippen LogP contribution in [-0.4, -0.2) is 34.5 Å². The first-order chi connectivity index (χ1) is 11.3. The average Bonchev–Trinajstić information content (AvgIpc) is 2.96. The molecule has 0 aliphatic heterocycles. The standard InChI is InChI=1S/C18H25N3O3/c1-18(2,3)21-12-14(11-19-9-8-16(22)23)17(20-21)13-6-5-7-15(10-13)24-4/h5-7,10,12,19H,8-9,11H2,1-4H3,(H,22,23). The zero-order chi connectivity index (χ0) is 17.7. The Bertz CT molecular complexity index is 702. The monoisotopic (exact) mass is 331 g/mol. The number of benzene rings is 1. The second-order valence-electron chi connectivity index (χ2n) is 6.67. The normalized spacial score (nSPS) is 11.5. The molecule has 6 heteroatoms. The van der Waals surface area contributed by atoms with Gasteiger partial charge in [-0.05, 0) is 32.9 Å². The molecule has 1 aromatic heterocycles. The van der Waals surface area contributed by atoms with Crippen molar-refractivity contribution in [1.29, 1.82) is 0 Å². The number of aliphatic carboxylic acids is 1. The van der Waals surface area contributed by atoms with Gasteiger partial charge in [-0.15, -0.1) is 0 Å². The van der Waals surface area contributed by atoms with Crippen LogP contribution < -0.4 is 10.1 Å². The number of ether oxygens (including phenoxy) is 1. The number of hydrogen-bond donors (Lipinski definition) is 2. The summed E-state index contributed by atoms with van der Waals surface area (Å²) in [6.07, 6.45) is 2.12. The number of carboxylic acid groups (broad SMARTS) is 1. The number of carbonyl (C=O) groups is 1. The number of hydrogen-bond acceptors (Lipinski definition) is 4. The molecule has 1 aromatic carbocycles. The van der Waals surface area contributed by atoms with Crippen LogP contribution in [0.2, 0.25) is 0 Å². The second-order valence-corrected chi connectivity index (χ2v) is 6.67. The molecular formula is C18H25N3O3. The average molecular weight is 331 g/mol. The van der Waals surface area contributed by atoms with E-state index >= 15 is 0 Å². The molecule has 0 unspecified atom stereocenters. The van der Waals surface area contributed by atoms with Crippen LogP contribution in [-0.2, 0) is 16.9 Å². The van der Waals surface area contributed by atoms with E-state index in [-0.39, 0.29) is 12.0 Å². The van der Waals surface area contributed by atoms with Gasteiger partial charge in [-0.25, -0.2) is 0 Å². The predicted octanol–water partition coefficient (Wildman–Crippen LogP) is 2.88. The highest BCUT2D eigenvalue weighted by Crippen LogP contribution is 2.27. The molecule has 0 spiro atoms. The smallest absolute Gasteiger partial charge is 0.304 e. The van der Waals surface area contributed by atoms with E-state index in [0.29, 0.717) is 13.1 Å². The zero-order valence-corrected chi connectivity index (χ0v) is 14.7. The van der Waals surface area contributed by atoms with Gasteiger partial charge in [0.25, 0.3) is 0 Å². The minimum absolute atomic E-state index is 0.0991. The van der Waals surface area contributed by atoms with Crippen molar-refractivity contribution < 1.29 is 14.6 Å². The molecule has 6 nitrogen and oxygen atoms in total. The van der Waals surface area contributed by atoms with Gasteiger partial charge in [0.1, 0.15) is 5.75 Å². The summed E-state index contributed by atoms with van der Waals surface area (Å²) in [6, 6.07) is 7.79. The summed E-state index contributed by atoms with van der Waals surface area (Å²) in [5, 5.41) is 16.7. The fourth-order valence-corrected chi connectivity index (χ4v) is 2.31. The van der Waals surface area contributed by atoms with Crippen LogP contribution in [0.4, 0.5) is 0 Å². The topological polar surface area (TPSA) is 76.4 Å². The zero-order valence-electron chi connectivity index (χ0n) is 14.7. The summed E-state index contributed by atoms with van der Waals surface area (Å²) in [7, 11) is 1.64. The molecule has 2 N–H and O–H groups in total. The molecule has 0 bridgehead atoms. The largest absolute Gasteiger partial charge is 0.497 e. The van der Waals surface area contributed by atoms with Gasteiger partial charge >= 0.3 is 5.97 Å². The molecule has 130 valence electrons. The molecule has 0 fully saturated rings. The molecule has 0 aliphatic rings. The van der Waals surface area contributed by atoms with Crippen molar-refractivity contribution in [3.8, 4) is 17.0 Å². The molecule has 0 saturated heterocycles. The van der Waals surface area contributed by atoms with Gasteiger partial charge in [0, 0.05) is 30.4 Å². The third-order valence-electron chi connectivity index (χ3n) is 3.65. The van der Waals surface area contributed by atoms with Crippen molar-refractivity contribution >= 4 is 5.97 Å². The fourth-order valence-electron chi connectivity index (χ4n) is 2.31. The Labute approximate surface area is 142 Å². The predicted molar refractivity (Wildman–Crippen MR) is 93.2 cm³/mol. The Morgan fingerprint density at radius 1 is 1.38 bits per heavy atom. The van der Waals surface area contributed by atoms with Crippen molar-refractivity contribution in [1.82, 2.24) is 15.1 Å². The number of methoxy groups -OCH3 is 1. The van der Waals surface area contributed by atoms with E-state index in [1.807, 2.05) is 35.1 Å². The Hall–Kier alpha value is -2.34. The Morgan fingerprint density at radius 3 is 2.75 bits per heavy atom. The maximum Gasteiger partial charge on any atom is 0.304 e. The Morgan fingerprint density at radius 2 is 2.12 bits per heavy atom. The first-order valence-electron chi connectivity index (χ1n) is 7.97. The van der Waals surface area contributed by atoms with Gasteiger partial charge < -0.3 is 15.2 Å². The molecule has 24 heavy (non-hydrogen) atoms. The summed E-state index contributed by atoms with van der Waals surface area (Å²) in [5.41, 5.74) is 2.76. The molecule has 2 aromatic rings. The maximum absolute atomic E-state index is 10.6. The van der Waals surface area contributed by atoms with Gasteiger partial charge in [0.05, 0.1) is 24.8 Å². The molecule has 0 radical (unpaired) electrons. The van der Waals surface area contributed by atoms with Crippen LogP contribution in [0.25, 0.3) is 11.3 Å². The van der Waals surface area contributed by atoms with E-state index in [4.69, 9.17) is 14.9 Å². The van der Waals surface area contributed by atoms with Crippen molar-refractivity contribution in [3.05, 3.63) is 36.0 Å². The van der Waals surface area contributed by atoms with Crippen LogP contribution in [0.5, 0.6) is 5.75 Å². The van der Waals surface area contributed by atoms with Crippen LogP contribution in [0.15, 0.2) is 30.5 Å². The Balaban J connectivity index is 2.29. The highest BCUT2D eigenvalue weighted by molar-refractivity contribution is 5.67. The number of rotatable bonds is 7. The van der Waals surface area contributed by atoms with E-state index in [1.165, 1.54) is 0 Å². The summed E-state index contributed by atoms with van der Waals surface area (Å²) in [5.74, 6) is -0.0245. The quantitative estimate of drug-likeness (QED) is 0.763. The first-order valence-corrected chi connectivity index (χ1v) is 7.97. The molecule has 0 aliphatic carbocycles. The van der Waals surface area contributed by atoms with Crippen molar-refractivity contribution in [3.63, 3.8) is 0 Å². The van der Waals surface area contributed by atoms with Crippen molar-refractivity contribution in [2.24, 2.45) is 0 Å². The fraction of sp³-hybridized carbons (Fsp3) is 0.444. The van der Waals surface area contributed by atoms with Crippen molar-refractivity contribution in [2.75, 3.05) is 13.7 Å². The highest BCUT2D eigenvalue weighted by Gasteiger charge is 2.19. The molecule has 2 rings (SSSR count). The van der Waals surface area contributed by atoms with Crippen LogP contribution in [0.1, 0.15) is 32.8 Å². The van der Waals surface area contributed by atoms with Gasteiger partial charge in [0.2, 0.25) is 0 Å². The molecular weight excluding hydrogens is 306 g/mol. The number of nitrogens with zero attached hydrogens (tertiary/aromatic N) is 2. The first kappa shape index (κ1) is 18.0. The van der Waals surface area contributed by atoms with Gasteiger partial charge in [-0.3, -0.25) is 9.48 Å². The van der Waals surface area contributed by atoms with E-state index in [9.17, 15) is 4.79 Å². The van der Waals surface area contributed by atoms with E-state index in [2.05, 4.69) is 26.1 Å². The third-order valence-corrected chi connectivity index (χ3v) is 3.65. The number of aromatic nitrogens is 2. The summed E-state index contributed by atoms with van der Waals surface area (Å²) < 4.78 is 7.24. The summed E-state index contributed by atoms with van der Waals surface area (Å²) in [4.78, 5) is 10.6. The molecule has 0 atom stereocenters. The lowest BCUT2D eigenvalue weighted by Crippen LogP contribution is -2.22. The lowest BCUT2D eigenvalue weighted by atomic mass is 10.1. The highest BCUT2D eigenvalue weighted by atomic mass is 16.5. The minimum atomic E-state index is -0.805. The maximum atomic E-state index is 10.6. The van der Waals surface area contributed by atoms with Crippen LogP contribution in [0.3, 0.4) is 0 Å². The van der Waals surface area contributed by atoms with Crippen molar-refractivity contribution in [2.45, 2.75) is 39.3 Å². The summed E-state index contributed by atoms with van der Waals surface area (Å²) in [6.45, 7) is 7.27. The lowest BCUT2D eigenvalue weighted by molar-refractivity contribution is -0.136. The van der Waals surface area contributed by atoms with Crippen LogP contribution >= 0.6 is 0 Å². The second kappa shape index (κ2) is 7.49. The van der Waals surface area contributed by atoms with Gasteiger partial charge in [0.15, 0.2) is 0 Å². The van der Waals surface area contributed by atoms with Gasteiger partial charge in [-0.2, -0.15) is 5.10 Å². The minimum Gasteiger partial charge on any atom is -0.497 e. The molecule has 1 heterocycles. The summed E-state index contributed by atoms with van der Waals surface area (Å²) >= 11 is 0. The molecule has 0 saturated carbocycles. The van der Waals surface area contributed by atoms with E-state index in [0.717, 1.165) is 22.6 Å². The SMILES string of the molecule is COc1cccc(-c2nn(C(C)(C)C)cc2CNCCC(=O)O)c1. The third kappa shape index (κ3) is 4.58. The van der Waals surface area contributed by atoms with Crippen LogP contribution in [0, 0.1) is 0 Å². The number of carboxylic acids is 1.